The van der Waals surface area contributed by atoms with Crippen LogP contribution in [0.4, 0.5) is 5.69 Å². The number of carbonyl (C=O) groups excluding carboxylic acids is 2. The smallest absolute Gasteiger partial charge is 0.249 e. The summed E-state index contributed by atoms with van der Waals surface area (Å²) in [6.07, 6.45) is 1.27. The summed E-state index contributed by atoms with van der Waals surface area (Å²) >= 11 is 0. The van der Waals surface area contributed by atoms with E-state index in [2.05, 4.69) is 72.2 Å². The number of likely N-dealkylation sites (N-methyl/N-ethyl adjacent to an activating group) is 1. The Morgan fingerprint density at radius 2 is 1.73 bits per heavy atom. The molecule has 5 rings (SSSR count). The molecule has 1 heterocycles. The van der Waals surface area contributed by atoms with E-state index in [0.717, 1.165) is 44.3 Å². The van der Waals surface area contributed by atoms with Gasteiger partial charge in [0, 0.05) is 5.69 Å². The zero-order valence-electron chi connectivity index (χ0n) is 21.6. The van der Waals surface area contributed by atoms with Gasteiger partial charge in [-0.05, 0) is 78.4 Å². The lowest BCUT2D eigenvalue weighted by Gasteiger charge is -2.28. The van der Waals surface area contributed by atoms with Crippen LogP contribution in [0.2, 0.25) is 0 Å². The van der Waals surface area contributed by atoms with Gasteiger partial charge in [0.05, 0.1) is 12.6 Å². The first kappa shape index (κ1) is 24.7. The fourth-order valence-corrected chi connectivity index (χ4v) is 5.10. The van der Waals surface area contributed by atoms with Gasteiger partial charge in [-0.15, -0.1) is 0 Å². The van der Waals surface area contributed by atoms with Crippen molar-refractivity contribution >= 4 is 28.3 Å². The number of hydrogen-bond acceptors (Lipinski definition) is 3. The second-order valence-corrected chi connectivity index (χ2v) is 9.83. The first-order valence-corrected chi connectivity index (χ1v) is 12.9. The number of nitrogens with zero attached hydrogens (tertiary/aromatic N) is 1. The molecule has 0 spiro atoms. The molecule has 0 saturated heterocycles. The number of hydrogen-bond donors (Lipinski definition) is 2. The highest BCUT2D eigenvalue weighted by molar-refractivity contribution is 6.02. The lowest BCUT2D eigenvalue weighted by molar-refractivity contribution is -0.128. The van der Waals surface area contributed by atoms with Gasteiger partial charge in [-0.1, -0.05) is 78.9 Å². The highest BCUT2D eigenvalue weighted by Gasteiger charge is 2.33. The molecule has 37 heavy (non-hydrogen) atoms. The molecule has 0 saturated carbocycles. The van der Waals surface area contributed by atoms with Crippen LogP contribution in [0.1, 0.15) is 30.0 Å². The maximum Gasteiger partial charge on any atom is 0.249 e. The second-order valence-electron chi connectivity index (χ2n) is 9.83. The summed E-state index contributed by atoms with van der Waals surface area (Å²) in [5.41, 5.74) is 6.47. The summed E-state index contributed by atoms with van der Waals surface area (Å²) in [4.78, 5) is 28.8. The van der Waals surface area contributed by atoms with Crippen LogP contribution in [0.3, 0.4) is 0 Å². The molecule has 4 aromatic carbocycles. The maximum atomic E-state index is 14.1. The minimum absolute atomic E-state index is 0.0760. The van der Waals surface area contributed by atoms with Crippen molar-refractivity contribution in [1.29, 1.82) is 0 Å². The predicted octanol–water partition coefficient (Wildman–Crippen LogP) is 5.39. The van der Waals surface area contributed by atoms with Crippen molar-refractivity contribution in [3.8, 4) is 11.1 Å². The van der Waals surface area contributed by atoms with Crippen molar-refractivity contribution < 1.29 is 9.59 Å². The lowest BCUT2D eigenvalue weighted by atomic mass is 9.98. The molecule has 1 unspecified atom stereocenters. The summed E-state index contributed by atoms with van der Waals surface area (Å²) < 4.78 is 0. The number of carbonyl (C=O) groups is 2. The van der Waals surface area contributed by atoms with Gasteiger partial charge in [0.15, 0.2) is 0 Å². The summed E-state index contributed by atoms with van der Waals surface area (Å²) in [6.45, 7) is 4.33. The molecule has 2 amide bonds. The van der Waals surface area contributed by atoms with Crippen molar-refractivity contribution in [2.24, 2.45) is 0 Å². The van der Waals surface area contributed by atoms with Crippen LogP contribution < -0.4 is 15.5 Å². The van der Waals surface area contributed by atoms with E-state index >= 15 is 0 Å². The van der Waals surface area contributed by atoms with Gasteiger partial charge in [0.2, 0.25) is 11.8 Å². The van der Waals surface area contributed by atoms with Gasteiger partial charge in [-0.2, -0.15) is 0 Å². The molecule has 0 fully saturated rings. The number of fused-ring (bicyclic) bond motifs is 2. The van der Waals surface area contributed by atoms with Crippen LogP contribution in [0, 0.1) is 6.92 Å². The van der Waals surface area contributed by atoms with Crippen LogP contribution in [-0.4, -0.2) is 30.9 Å². The second kappa shape index (κ2) is 10.6. The molecule has 0 aliphatic carbocycles. The number of nitrogens with one attached hydrogen (secondary N) is 2. The molecule has 2 atom stereocenters. The minimum Gasteiger partial charge on any atom is -0.343 e. The van der Waals surface area contributed by atoms with Crippen molar-refractivity contribution in [2.45, 2.75) is 45.3 Å². The third-order valence-corrected chi connectivity index (χ3v) is 7.48. The Kier molecular flexibility index (Phi) is 7.06. The van der Waals surface area contributed by atoms with Gasteiger partial charge in [0.1, 0.15) is 6.04 Å². The first-order chi connectivity index (χ1) is 18.0. The van der Waals surface area contributed by atoms with E-state index < -0.39 is 6.04 Å². The number of anilines is 1. The monoisotopic (exact) mass is 491 g/mol. The molecular formula is C32H33N3O2. The Morgan fingerprint density at radius 1 is 0.973 bits per heavy atom. The lowest BCUT2D eigenvalue weighted by Crippen LogP contribution is -2.52. The van der Waals surface area contributed by atoms with Gasteiger partial charge < -0.3 is 15.5 Å². The van der Waals surface area contributed by atoms with Crippen molar-refractivity contribution in [2.75, 3.05) is 11.9 Å². The van der Waals surface area contributed by atoms with E-state index in [0.29, 0.717) is 19.4 Å². The van der Waals surface area contributed by atoms with Crippen molar-refractivity contribution in [3.63, 3.8) is 0 Å². The predicted molar refractivity (Wildman–Crippen MR) is 151 cm³/mol. The van der Waals surface area contributed by atoms with E-state index in [1.165, 1.54) is 0 Å². The van der Waals surface area contributed by atoms with Crippen LogP contribution in [0.5, 0.6) is 0 Å². The quantitative estimate of drug-likeness (QED) is 0.380. The Balaban J connectivity index is 1.61. The number of benzene rings is 4. The van der Waals surface area contributed by atoms with Crippen LogP contribution >= 0.6 is 0 Å². The molecule has 4 aromatic rings. The van der Waals surface area contributed by atoms with Crippen molar-refractivity contribution in [3.05, 3.63) is 102 Å². The summed E-state index contributed by atoms with van der Waals surface area (Å²) in [6, 6.07) is 28.2. The van der Waals surface area contributed by atoms with Crippen LogP contribution in [0.25, 0.3) is 21.9 Å². The fourth-order valence-electron chi connectivity index (χ4n) is 5.10. The molecule has 0 radical (unpaired) electrons. The van der Waals surface area contributed by atoms with Gasteiger partial charge in [-0.25, -0.2) is 0 Å². The third-order valence-electron chi connectivity index (χ3n) is 7.48. The molecule has 0 aromatic heterocycles. The SMILES string of the molecule is CNC(C)C(=O)N[C@H]1CCc2ccc(-c3ccccc3)cc2N(Cc2c(C)ccc3ccccc23)C1=O. The normalized spacial score (nSPS) is 16.2. The zero-order valence-corrected chi connectivity index (χ0v) is 21.6. The van der Waals surface area contributed by atoms with E-state index in [9.17, 15) is 9.59 Å². The summed E-state index contributed by atoms with van der Waals surface area (Å²) in [7, 11) is 1.75. The summed E-state index contributed by atoms with van der Waals surface area (Å²) in [5, 5.41) is 8.28. The maximum absolute atomic E-state index is 14.1. The zero-order chi connectivity index (χ0) is 25.9. The number of amides is 2. The first-order valence-electron chi connectivity index (χ1n) is 12.9. The van der Waals surface area contributed by atoms with E-state index in [1.54, 1.807) is 14.0 Å². The Morgan fingerprint density at radius 3 is 2.51 bits per heavy atom. The Labute approximate surface area is 218 Å². The highest BCUT2D eigenvalue weighted by atomic mass is 16.2. The average molecular weight is 492 g/mol. The molecule has 188 valence electrons. The molecule has 5 nitrogen and oxygen atoms in total. The van der Waals surface area contributed by atoms with Crippen molar-refractivity contribution in [1.82, 2.24) is 10.6 Å². The van der Waals surface area contributed by atoms with Gasteiger partial charge in [0.25, 0.3) is 0 Å². The number of rotatable bonds is 6. The average Bonchev–Trinajstić information content (AvgIpc) is 3.06. The molecule has 1 aliphatic rings. The van der Waals surface area contributed by atoms with Crippen LogP contribution in [-0.2, 0) is 22.6 Å². The topological polar surface area (TPSA) is 61.4 Å². The number of aryl methyl sites for hydroxylation is 2. The largest absolute Gasteiger partial charge is 0.343 e. The van der Waals surface area contributed by atoms with Gasteiger partial charge in [-0.3, -0.25) is 9.59 Å². The minimum atomic E-state index is -0.592. The standard InChI is InChI=1S/C32H33N3O2/c1-21-13-14-24-11-7-8-12-27(24)28(21)20-35-30-19-26(23-9-5-4-6-10-23)16-15-25(30)17-18-29(32(35)37)34-31(36)22(2)33-3/h4-16,19,22,29,33H,17-18,20H2,1-3H3,(H,34,36)/t22?,29-/m0/s1. The Bertz CT molecular complexity index is 1450. The van der Waals surface area contributed by atoms with Crippen LogP contribution in [0.15, 0.2) is 84.9 Å². The molecule has 1 aliphatic heterocycles. The molecule has 2 N–H and O–H groups in total. The fraction of sp³-hybridized carbons (Fsp3) is 0.250. The Hall–Kier alpha value is -3.96. The van der Waals surface area contributed by atoms with E-state index in [1.807, 2.05) is 35.2 Å². The molecule has 0 bridgehead atoms. The van der Waals surface area contributed by atoms with E-state index in [4.69, 9.17) is 0 Å². The molecular weight excluding hydrogens is 458 g/mol. The third kappa shape index (κ3) is 5.00. The van der Waals surface area contributed by atoms with E-state index in [-0.39, 0.29) is 17.9 Å². The molecule has 5 heteroatoms. The highest BCUT2D eigenvalue weighted by Crippen LogP contribution is 2.35. The van der Waals surface area contributed by atoms with Gasteiger partial charge >= 0.3 is 0 Å². The summed E-state index contributed by atoms with van der Waals surface area (Å²) in [5.74, 6) is -0.244.